The molecule has 1 aliphatic rings. The Morgan fingerprint density at radius 3 is 2.27 bits per heavy atom. The van der Waals surface area contributed by atoms with Crippen molar-refractivity contribution in [2.24, 2.45) is 0 Å². The summed E-state index contributed by atoms with van der Waals surface area (Å²) in [7, 11) is 1.59. The number of hydrogen-bond acceptors (Lipinski definition) is 6. The van der Waals surface area contributed by atoms with Gasteiger partial charge in [-0.05, 0) is 56.2 Å². The van der Waals surface area contributed by atoms with Crippen LogP contribution in [0.3, 0.4) is 0 Å². The first kappa shape index (κ1) is 25.8. The average Bonchev–Trinajstić information content (AvgIpc) is 3.14. The third kappa shape index (κ3) is 5.31. The summed E-state index contributed by atoms with van der Waals surface area (Å²) in [5.74, 6) is -0.0526. The van der Waals surface area contributed by atoms with Crippen LogP contribution in [0.5, 0.6) is 17.2 Å². The number of nitrogens with zero attached hydrogens (tertiary/aromatic N) is 1. The van der Waals surface area contributed by atoms with Crippen molar-refractivity contribution < 1.29 is 28.9 Å². The van der Waals surface area contributed by atoms with Crippen LogP contribution in [0.4, 0.5) is 0 Å². The van der Waals surface area contributed by atoms with E-state index in [1.807, 2.05) is 69.3 Å². The van der Waals surface area contributed by atoms with E-state index in [4.69, 9.17) is 14.2 Å². The van der Waals surface area contributed by atoms with Crippen LogP contribution in [0.25, 0.3) is 5.76 Å². The van der Waals surface area contributed by atoms with Crippen molar-refractivity contribution in [2.45, 2.75) is 33.4 Å². The SMILES string of the molecule is CCOc1ccc(/C(O)=C2/C(=O)C(=O)N(Cc3ccc(OC)cc3)C2c2cccc(C)c2)c(OCC)c1. The van der Waals surface area contributed by atoms with Gasteiger partial charge in [-0.1, -0.05) is 42.0 Å². The number of aryl methyl sites for hydroxylation is 1. The molecule has 1 fully saturated rings. The lowest BCUT2D eigenvalue weighted by Gasteiger charge is -2.26. The highest BCUT2D eigenvalue weighted by Crippen LogP contribution is 2.42. The van der Waals surface area contributed by atoms with Crippen molar-refractivity contribution in [3.05, 3.63) is 94.6 Å². The highest BCUT2D eigenvalue weighted by Gasteiger charge is 2.46. The maximum absolute atomic E-state index is 13.4. The number of carbonyl (C=O) groups is 2. The maximum Gasteiger partial charge on any atom is 0.295 e. The molecule has 7 heteroatoms. The molecule has 1 amide bonds. The van der Waals surface area contributed by atoms with Crippen molar-refractivity contribution in [3.63, 3.8) is 0 Å². The second-order valence-electron chi connectivity index (χ2n) is 8.71. The number of hydrogen-bond donors (Lipinski definition) is 1. The van der Waals surface area contributed by atoms with E-state index in [1.54, 1.807) is 25.3 Å². The molecule has 0 aliphatic carbocycles. The van der Waals surface area contributed by atoms with Crippen molar-refractivity contribution >= 4 is 17.4 Å². The average molecular weight is 502 g/mol. The zero-order valence-electron chi connectivity index (χ0n) is 21.5. The highest BCUT2D eigenvalue weighted by atomic mass is 16.5. The number of ether oxygens (including phenoxy) is 3. The van der Waals surface area contributed by atoms with Crippen LogP contribution in [0.1, 0.15) is 42.1 Å². The Kier molecular flexibility index (Phi) is 7.82. The molecule has 3 aromatic carbocycles. The summed E-state index contributed by atoms with van der Waals surface area (Å²) in [6.45, 7) is 6.66. The second kappa shape index (κ2) is 11.2. The summed E-state index contributed by atoms with van der Waals surface area (Å²) in [5, 5.41) is 11.5. The number of carbonyl (C=O) groups excluding carboxylic acids is 2. The molecule has 192 valence electrons. The summed E-state index contributed by atoms with van der Waals surface area (Å²) in [5.41, 5.74) is 2.89. The van der Waals surface area contributed by atoms with Crippen LogP contribution >= 0.6 is 0 Å². The Morgan fingerprint density at radius 1 is 0.919 bits per heavy atom. The number of ketones is 1. The summed E-state index contributed by atoms with van der Waals surface area (Å²) in [6, 6.07) is 19.2. The number of methoxy groups -OCH3 is 1. The van der Waals surface area contributed by atoms with Crippen LogP contribution < -0.4 is 14.2 Å². The van der Waals surface area contributed by atoms with Gasteiger partial charge in [0.25, 0.3) is 11.7 Å². The van der Waals surface area contributed by atoms with Gasteiger partial charge in [-0.15, -0.1) is 0 Å². The minimum atomic E-state index is -0.775. The maximum atomic E-state index is 13.4. The van der Waals surface area contributed by atoms with Crippen molar-refractivity contribution in [2.75, 3.05) is 20.3 Å². The summed E-state index contributed by atoms with van der Waals surface area (Å²) >= 11 is 0. The first-order valence-electron chi connectivity index (χ1n) is 12.3. The minimum Gasteiger partial charge on any atom is -0.507 e. The molecular weight excluding hydrogens is 470 g/mol. The molecule has 1 unspecified atom stereocenters. The van der Waals surface area contributed by atoms with E-state index in [9.17, 15) is 14.7 Å². The monoisotopic (exact) mass is 501 g/mol. The van der Waals surface area contributed by atoms with Gasteiger partial charge in [0, 0.05) is 12.6 Å². The Morgan fingerprint density at radius 2 is 1.62 bits per heavy atom. The predicted octanol–water partition coefficient (Wildman–Crippen LogP) is 5.42. The summed E-state index contributed by atoms with van der Waals surface area (Å²) in [4.78, 5) is 28.3. The lowest BCUT2D eigenvalue weighted by molar-refractivity contribution is -0.140. The molecular formula is C30H31NO6. The predicted molar refractivity (Wildman–Crippen MR) is 141 cm³/mol. The lowest BCUT2D eigenvalue weighted by Crippen LogP contribution is -2.29. The zero-order chi connectivity index (χ0) is 26.5. The number of aliphatic hydroxyl groups excluding tert-OH is 1. The van der Waals surface area contributed by atoms with E-state index in [-0.39, 0.29) is 17.9 Å². The van der Waals surface area contributed by atoms with Gasteiger partial charge in [0.15, 0.2) is 0 Å². The summed E-state index contributed by atoms with van der Waals surface area (Å²) < 4.78 is 16.6. The van der Waals surface area contributed by atoms with Gasteiger partial charge in [-0.25, -0.2) is 0 Å². The third-order valence-corrected chi connectivity index (χ3v) is 6.23. The Hall–Kier alpha value is -4.26. The molecule has 7 nitrogen and oxygen atoms in total. The van der Waals surface area contributed by atoms with Gasteiger partial charge in [-0.3, -0.25) is 9.59 Å². The number of rotatable bonds is 9. The largest absolute Gasteiger partial charge is 0.507 e. The molecule has 1 aliphatic heterocycles. The molecule has 1 saturated heterocycles. The molecule has 1 atom stereocenters. The topological polar surface area (TPSA) is 85.3 Å². The molecule has 1 heterocycles. The lowest BCUT2D eigenvalue weighted by atomic mass is 9.94. The number of Topliss-reactive ketones (excluding diaryl/α,β-unsaturated/α-hetero) is 1. The molecule has 0 aromatic heterocycles. The van der Waals surface area contributed by atoms with E-state index in [1.165, 1.54) is 4.90 Å². The quantitative estimate of drug-likeness (QED) is 0.239. The van der Waals surface area contributed by atoms with Crippen molar-refractivity contribution in [1.29, 1.82) is 0 Å². The molecule has 0 radical (unpaired) electrons. The number of benzene rings is 3. The fraction of sp³-hybridized carbons (Fsp3) is 0.267. The number of aliphatic hydroxyl groups is 1. The number of likely N-dealkylation sites (tertiary alicyclic amines) is 1. The molecule has 0 bridgehead atoms. The van der Waals surface area contributed by atoms with Crippen LogP contribution in [0, 0.1) is 6.92 Å². The minimum absolute atomic E-state index is 0.0224. The van der Waals surface area contributed by atoms with Crippen LogP contribution in [0.15, 0.2) is 72.3 Å². The fourth-order valence-corrected chi connectivity index (χ4v) is 4.53. The van der Waals surface area contributed by atoms with Gasteiger partial charge in [0.1, 0.15) is 23.0 Å². The van der Waals surface area contributed by atoms with Crippen LogP contribution in [-0.4, -0.2) is 42.0 Å². The van der Waals surface area contributed by atoms with Gasteiger partial charge < -0.3 is 24.2 Å². The fourth-order valence-electron chi connectivity index (χ4n) is 4.53. The van der Waals surface area contributed by atoms with Gasteiger partial charge >= 0.3 is 0 Å². The highest BCUT2D eigenvalue weighted by molar-refractivity contribution is 6.46. The Bertz CT molecular complexity index is 1330. The standard InChI is InChI=1S/C30H31NO6/c1-5-36-23-14-15-24(25(17-23)37-6-2)28(32)26-27(21-9-7-8-19(3)16-21)31(30(34)29(26)33)18-20-10-12-22(35-4)13-11-20/h7-17,27,32H,5-6,18H2,1-4H3/b28-26-. The summed E-state index contributed by atoms with van der Waals surface area (Å²) in [6.07, 6.45) is 0. The number of amides is 1. The first-order chi connectivity index (χ1) is 17.9. The van der Waals surface area contributed by atoms with Gasteiger partial charge in [0.05, 0.1) is 37.5 Å². The molecule has 0 spiro atoms. The van der Waals surface area contributed by atoms with E-state index < -0.39 is 17.7 Å². The Labute approximate surface area is 216 Å². The van der Waals surface area contributed by atoms with Gasteiger partial charge in [-0.2, -0.15) is 0 Å². The molecule has 4 rings (SSSR count). The third-order valence-electron chi connectivity index (χ3n) is 6.23. The molecule has 3 aromatic rings. The van der Waals surface area contributed by atoms with Crippen LogP contribution in [0.2, 0.25) is 0 Å². The molecule has 37 heavy (non-hydrogen) atoms. The van der Waals surface area contributed by atoms with Gasteiger partial charge in [0.2, 0.25) is 0 Å². The molecule has 1 N–H and O–H groups in total. The normalized spacial score (nSPS) is 16.6. The van der Waals surface area contributed by atoms with E-state index >= 15 is 0 Å². The van der Waals surface area contributed by atoms with E-state index in [0.717, 1.165) is 16.7 Å². The Balaban J connectivity index is 1.86. The van der Waals surface area contributed by atoms with Crippen molar-refractivity contribution in [1.82, 2.24) is 4.90 Å². The van der Waals surface area contributed by atoms with E-state index in [0.29, 0.717) is 36.0 Å². The van der Waals surface area contributed by atoms with Crippen molar-refractivity contribution in [3.8, 4) is 17.2 Å². The van der Waals surface area contributed by atoms with E-state index in [2.05, 4.69) is 0 Å². The second-order valence-corrected chi connectivity index (χ2v) is 8.71. The molecule has 0 saturated carbocycles. The van der Waals surface area contributed by atoms with Crippen LogP contribution in [-0.2, 0) is 16.1 Å². The first-order valence-corrected chi connectivity index (χ1v) is 12.3. The smallest absolute Gasteiger partial charge is 0.295 e. The zero-order valence-corrected chi connectivity index (χ0v) is 21.5.